The Labute approximate surface area is 291 Å². The van der Waals surface area contributed by atoms with Crippen molar-refractivity contribution in [1.29, 1.82) is 0 Å². The molecule has 0 aromatic heterocycles. The smallest absolute Gasteiger partial charge is 0.340 e. The first-order valence-corrected chi connectivity index (χ1v) is 18.0. The summed E-state index contributed by atoms with van der Waals surface area (Å²) >= 11 is 0. The van der Waals surface area contributed by atoms with Crippen molar-refractivity contribution in [2.75, 3.05) is 45.9 Å². The normalized spacial score (nSPS) is 45.6. The summed E-state index contributed by atoms with van der Waals surface area (Å²) in [5.74, 6) is -3.22. The number of amides is 2. The second-order valence-electron chi connectivity index (χ2n) is 15.7. The van der Waals surface area contributed by atoms with Gasteiger partial charge in [0, 0.05) is 82.6 Å². The minimum atomic E-state index is -1.93. The highest BCUT2D eigenvalue weighted by Gasteiger charge is 2.92. The number of aliphatic hydroxyl groups excluding tert-OH is 1. The average molecular weight is 697 g/mol. The Hall–Kier alpha value is -2.94. The third-order valence-electron chi connectivity index (χ3n) is 14.3. The van der Waals surface area contributed by atoms with Crippen LogP contribution in [0.25, 0.3) is 0 Å². The summed E-state index contributed by atoms with van der Waals surface area (Å²) in [7, 11) is 4.95. The second-order valence-corrected chi connectivity index (χ2v) is 15.7. The zero-order valence-electron chi connectivity index (χ0n) is 29.3. The predicted molar refractivity (Wildman–Crippen MR) is 175 cm³/mol. The molecule has 0 radical (unpaired) electrons. The number of rotatable bonds is 9. The minimum Gasteiger partial charge on any atom is -0.461 e. The number of hydrogen-bond acceptors (Lipinski definition) is 12. The molecule has 8 unspecified atom stereocenters. The highest BCUT2D eigenvalue weighted by atomic mass is 16.6. The number of benzene rings is 1. The zero-order chi connectivity index (χ0) is 35.5. The molecule has 13 heteroatoms. The lowest BCUT2D eigenvalue weighted by Gasteiger charge is -2.70. The lowest BCUT2D eigenvalue weighted by Crippen LogP contribution is -2.82. The summed E-state index contributed by atoms with van der Waals surface area (Å²) in [6, 6.07) is 5.82. The maximum atomic E-state index is 14.0. The molecule has 2 amide bonds. The number of fused-ring (bicyclic) bond motifs is 2. The molecule has 2 aliphatic heterocycles. The van der Waals surface area contributed by atoms with Crippen LogP contribution in [0.1, 0.15) is 62.7 Å². The van der Waals surface area contributed by atoms with Crippen molar-refractivity contribution < 1.29 is 53.1 Å². The van der Waals surface area contributed by atoms with E-state index in [9.17, 15) is 29.4 Å². The molecule has 1 aromatic rings. The molecule has 7 fully saturated rings. The summed E-state index contributed by atoms with van der Waals surface area (Å²) in [4.78, 5) is 55.6. The number of para-hydroxylation sites is 1. The number of carbonyl (C=O) groups excluding carboxylic acids is 4. The summed E-state index contributed by atoms with van der Waals surface area (Å²) in [6.07, 6.45) is -0.321. The average Bonchev–Trinajstić information content (AvgIpc) is 3.66. The van der Waals surface area contributed by atoms with Crippen LogP contribution in [-0.2, 0) is 38.1 Å². The summed E-state index contributed by atoms with van der Waals surface area (Å²) < 4.78 is 31.3. The van der Waals surface area contributed by atoms with Crippen molar-refractivity contribution in [2.45, 2.75) is 94.0 Å². The SMILES string of the molecule is CCN1C[C@]2(COC(=O)c3ccccc3N3C(=O)CCC3=O)CCC(OC)C34C5CC6C(OC)C5[C@](OC(C)=O)(C[C@@H]6OC)[C@@](O)(C13)[C@@H](O)C42. The van der Waals surface area contributed by atoms with Crippen LogP contribution >= 0.6 is 0 Å². The van der Waals surface area contributed by atoms with Gasteiger partial charge in [-0.05, 0) is 43.9 Å². The van der Waals surface area contributed by atoms with E-state index in [0.717, 1.165) is 4.90 Å². The molecular formula is C37H48N2O11. The van der Waals surface area contributed by atoms with Crippen molar-refractivity contribution >= 4 is 29.4 Å². The van der Waals surface area contributed by atoms with Crippen LogP contribution in [-0.4, -0.2) is 122 Å². The number of likely N-dealkylation sites (N-methyl/N-ethyl adjacent to an activating group) is 1. The van der Waals surface area contributed by atoms with Crippen LogP contribution in [0.2, 0.25) is 0 Å². The first-order valence-electron chi connectivity index (χ1n) is 18.0. The lowest BCUT2D eigenvalue weighted by molar-refractivity contribution is -0.322. The number of methoxy groups -OCH3 is 3. The Morgan fingerprint density at radius 3 is 2.40 bits per heavy atom. The van der Waals surface area contributed by atoms with Crippen molar-refractivity contribution in [1.82, 2.24) is 4.90 Å². The standard InChI is InChI=1S/C37H48N2O11/c1-6-38-17-34(18-49-32(44)20-9-7-8-10-23(20)39-26(41)11-12-27(39)42)14-13-25(47-4)36-22-15-21-24(46-3)16-35(50-19(2)40,28(22)29(21)48-5)37(45,33(36)38)31(43)30(34)36/h7-10,21-22,24-25,28-31,33,43,45H,6,11-18H2,1-5H3/t21?,22?,24-,25?,28?,29?,30?,31-,33?,34-,35+,36?,37-/m0/s1. The minimum absolute atomic E-state index is 0.0341. The summed E-state index contributed by atoms with van der Waals surface area (Å²) in [5.41, 5.74) is -4.77. The molecule has 5 aliphatic carbocycles. The van der Waals surface area contributed by atoms with Gasteiger partial charge in [-0.25, -0.2) is 9.69 Å². The number of piperidine rings is 1. The number of nitrogens with zero attached hydrogens (tertiary/aromatic N) is 2. The highest BCUT2D eigenvalue weighted by molar-refractivity contribution is 6.21. The van der Waals surface area contributed by atoms with E-state index in [1.54, 1.807) is 45.6 Å². The van der Waals surface area contributed by atoms with Gasteiger partial charge < -0.3 is 33.9 Å². The number of likely N-dealkylation sites (tertiary alicyclic amines) is 1. The number of anilines is 1. The Balaban J connectivity index is 1.25. The monoisotopic (exact) mass is 696 g/mol. The fourth-order valence-electron chi connectivity index (χ4n) is 13.1. The van der Waals surface area contributed by atoms with Gasteiger partial charge in [-0.3, -0.25) is 19.3 Å². The van der Waals surface area contributed by atoms with Gasteiger partial charge in [0.2, 0.25) is 11.8 Å². The van der Waals surface area contributed by atoms with E-state index in [1.165, 1.54) is 6.92 Å². The molecule has 2 N–H and O–H groups in total. The van der Waals surface area contributed by atoms with E-state index < -0.39 is 64.1 Å². The Kier molecular flexibility index (Phi) is 7.88. The molecule has 7 aliphatic rings. The van der Waals surface area contributed by atoms with E-state index >= 15 is 0 Å². The fourth-order valence-corrected chi connectivity index (χ4v) is 13.1. The molecule has 7 bridgehead atoms. The Morgan fingerprint density at radius 2 is 1.76 bits per heavy atom. The predicted octanol–water partition coefficient (Wildman–Crippen LogP) is 1.71. The molecule has 5 saturated carbocycles. The number of carbonyl (C=O) groups is 4. The number of imide groups is 1. The molecule has 1 aromatic carbocycles. The number of esters is 2. The molecular weight excluding hydrogens is 648 g/mol. The highest BCUT2D eigenvalue weighted by Crippen LogP contribution is 2.80. The van der Waals surface area contributed by atoms with Gasteiger partial charge in [-0.2, -0.15) is 0 Å². The van der Waals surface area contributed by atoms with Crippen LogP contribution in [0.4, 0.5) is 5.69 Å². The van der Waals surface area contributed by atoms with Gasteiger partial charge in [-0.15, -0.1) is 0 Å². The quantitative estimate of drug-likeness (QED) is 0.285. The van der Waals surface area contributed by atoms with Crippen LogP contribution in [0.5, 0.6) is 0 Å². The lowest BCUT2D eigenvalue weighted by atomic mass is 9.42. The Morgan fingerprint density at radius 1 is 1.04 bits per heavy atom. The van der Waals surface area contributed by atoms with Crippen molar-refractivity contribution in [3.63, 3.8) is 0 Å². The third kappa shape index (κ3) is 3.94. The molecule has 1 spiro atoms. The van der Waals surface area contributed by atoms with Crippen LogP contribution in [0.3, 0.4) is 0 Å². The van der Waals surface area contributed by atoms with Gasteiger partial charge in [0.25, 0.3) is 0 Å². The first-order chi connectivity index (χ1) is 23.9. The van der Waals surface area contributed by atoms with Crippen LogP contribution in [0, 0.1) is 34.5 Å². The fraction of sp³-hybridized carbons (Fsp3) is 0.730. The third-order valence-corrected chi connectivity index (χ3v) is 14.3. The van der Waals surface area contributed by atoms with Gasteiger partial charge in [-0.1, -0.05) is 19.1 Å². The van der Waals surface area contributed by atoms with Gasteiger partial charge in [0.15, 0.2) is 5.60 Å². The summed E-state index contributed by atoms with van der Waals surface area (Å²) in [6.45, 7) is 4.21. The van der Waals surface area contributed by atoms with E-state index in [4.69, 9.17) is 23.7 Å². The van der Waals surface area contributed by atoms with Gasteiger partial charge in [0.05, 0.1) is 48.3 Å². The number of hydrogen-bond donors (Lipinski definition) is 2. The molecule has 2 heterocycles. The van der Waals surface area contributed by atoms with Crippen LogP contribution < -0.4 is 4.90 Å². The summed E-state index contributed by atoms with van der Waals surface area (Å²) in [5, 5.41) is 26.4. The number of aliphatic hydroxyl groups is 2. The van der Waals surface area contributed by atoms with E-state index in [1.807, 2.05) is 6.92 Å². The molecule has 50 heavy (non-hydrogen) atoms. The maximum absolute atomic E-state index is 14.0. The molecule has 8 rings (SSSR count). The van der Waals surface area contributed by atoms with Gasteiger partial charge in [0.1, 0.15) is 5.60 Å². The molecule has 272 valence electrons. The maximum Gasteiger partial charge on any atom is 0.340 e. The van der Waals surface area contributed by atoms with Gasteiger partial charge >= 0.3 is 11.9 Å². The molecule has 13 atom stereocenters. The van der Waals surface area contributed by atoms with Crippen molar-refractivity contribution in [2.24, 2.45) is 34.5 Å². The largest absolute Gasteiger partial charge is 0.461 e. The first kappa shape index (κ1) is 34.2. The van der Waals surface area contributed by atoms with E-state index in [0.29, 0.717) is 32.4 Å². The topological polar surface area (TPSA) is 161 Å². The van der Waals surface area contributed by atoms with Crippen molar-refractivity contribution in [3.8, 4) is 0 Å². The molecule has 2 saturated heterocycles. The van der Waals surface area contributed by atoms with Crippen LogP contribution in [0.15, 0.2) is 24.3 Å². The Bertz CT molecular complexity index is 1600. The van der Waals surface area contributed by atoms with E-state index in [2.05, 4.69) is 4.90 Å². The second kappa shape index (κ2) is 11.5. The zero-order valence-corrected chi connectivity index (χ0v) is 29.3. The van der Waals surface area contributed by atoms with Crippen molar-refractivity contribution in [3.05, 3.63) is 29.8 Å². The number of ether oxygens (including phenoxy) is 5. The molecule has 13 nitrogen and oxygen atoms in total. The van der Waals surface area contributed by atoms with E-state index in [-0.39, 0.29) is 73.0 Å².